The first-order valence-corrected chi connectivity index (χ1v) is 5.26. The van der Waals surface area contributed by atoms with Crippen molar-refractivity contribution >= 4 is 29.1 Å². The average Bonchev–Trinajstić information content (AvgIpc) is 2.22. The molecule has 0 atom stereocenters. The maximum absolute atomic E-state index is 13.5. The lowest BCUT2D eigenvalue weighted by Gasteiger charge is -2.09. The lowest BCUT2D eigenvalue weighted by molar-refractivity contribution is 0.632. The van der Waals surface area contributed by atoms with Crippen LogP contribution in [0, 0.1) is 12.7 Å². The maximum atomic E-state index is 13.5. The highest BCUT2D eigenvalue weighted by molar-refractivity contribution is 6.33. The average molecular weight is 253 g/mol. The van der Waals surface area contributed by atoms with E-state index in [0.29, 0.717) is 11.5 Å². The summed E-state index contributed by atoms with van der Waals surface area (Å²) in [4.78, 5) is 7.86. The first-order chi connectivity index (χ1) is 8.06. The molecule has 0 radical (unpaired) electrons. The zero-order valence-electron chi connectivity index (χ0n) is 9.04. The predicted molar refractivity (Wildman–Crippen MR) is 65.9 cm³/mol. The number of nitrogen functional groups attached to an aromatic ring is 1. The number of anilines is 3. The smallest absolute Gasteiger partial charge is 0.222 e. The third-order valence-electron chi connectivity index (χ3n) is 2.09. The molecule has 1 heterocycles. The van der Waals surface area contributed by atoms with Gasteiger partial charge in [-0.2, -0.15) is 4.98 Å². The van der Waals surface area contributed by atoms with Gasteiger partial charge in [-0.25, -0.2) is 9.37 Å². The molecule has 0 spiro atoms. The molecule has 0 bridgehead atoms. The summed E-state index contributed by atoms with van der Waals surface area (Å²) in [5.74, 6) is 0.0781. The second kappa shape index (κ2) is 4.55. The van der Waals surface area contributed by atoms with Crippen LogP contribution in [0.25, 0.3) is 0 Å². The fourth-order valence-electron chi connectivity index (χ4n) is 1.40. The molecule has 6 heteroatoms. The highest BCUT2D eigenvalue weighted by Gasteiger charge is 2.08. The number of rotatable bonds is 2. The largest absolute Gasteiger partial charge is 0.368 e. The third kappa shape index (κ3) is 2.62. The number of nitrogens with zero attached hydrogens (tertiary/aromatic N) is 2. The number of nitrogens with two attached hydrogens (primary N) is 1. The minimum atomic E-state index is -0.452. The Morgan fingerprint density at radius 2 is 2.12 bits per heavy atom. The molecule has 0 unspecified atom stereocenters. The van der Waals surface area contributed by atoms with Gasteiger partial charge in [0, 0.05) is 11.8 Å². The molecule has 0 aliphatic carbocycles. The SMILES string of the molecule is Cc1cc(Nc2c(F)cccc2Cl)nc(N)n1. The zero-order valence-corrected chi connectivity index (χ0v) is 9.79. The molecule has 17 heavy (non-hydrogen) atoms. The number of nitrogens with one attached hydrogen (secondary N) is 1. The van der Waals surface area contributed by atoms with Crippen molar-refractivity contribution in [3.63, 3.8) is 0 Å². The third-order valence-corrected chi connectivity index (χ3v) is 2.40. The number of benzene rings is 1. The Morgan fingerprint density at radius 1 is 1.35 bits per heavy atom. The number of hydrogen-bond donors (Lipinski definition) is 2. The number of halogens is 2. The quantitative estimate of drug-likeness (QED) is 0.863. The van der Waals surface area contributed by atoms with Gasteiger partial charge in [0.05, 0.1) is 10.7 Å². The predicted octanol–water partition coefficient (Wildman–Crippen LogP) is 2.90. The van der Waals surface area contributed by atoms with E-state index < -0.39 is 5.82 Å². The standard InChI is InChI=1S/C11H10ClFN4/c1-6-5-9(17-11(14)15-6)16-10-7(12)3-2-4-8(10)13/h2-5H,1H3,(H3,14,15,16,17). The summed E-state index contributed by atoms with van der Waals surface area (Å²) >= 11 is 5.88. The van der Waals surface area contributed by atoms with Crippen molar-refractivity contribution in [2.75, 3.05) is 11.1 Å². The minimum Gasteiger partial charge on any atom is -0.368 e. The summed E-state index contributed by atoms with van der Waals surface area (Å²) < 4.78 is 13.5. The van der Waals surface area contributed by atoms with Crippen molar-refractivity contribution in [3.8, 4) is 0 Å². The fourth-order valence-corrected chi connectivity index (χ4v) is 1.61. The molecule has 0 saturated carbocycles. The van der Waals surface area contributed by atoms with Crippen LogP contribution in [0.2, 0.25) is 5.02 Å². The van der Waals surface area contributed by atoms with Crippen molar-refractivity contribution in [1.29, 1.82) is 0 Å². The van der Waals surface area contributed by atoms with Crippen LogP contribution in [0.4, 0.5) is 21.8 Å². The van der Waals surface area contributed by atoms with Crippen LogP contribution in [0.1, 0.15) is 5.69 Å². The Balaban J connectivity index is 2.38. The fraction of sp³-hybridized carbons (Fsp3) is 0.0909. The maximum Gasteiger partial charge on any atom is 0.222 e. The van der Waals surface area contributed by atoms with Crippen molar-refractivity contribution in [2.45, 2.75) is 6.92 Å². The highest BCUT2D eigenvalue weighted by atomic mass is 35.5. The van der Waals surface area contributed by atoms with E-state index >= 15 is 0 Å². The molecule has 0 aliphatic rings. The topological polar surface area (TPSA) is 63.8 Å². The van der Waals surface area contributed by atoms with Crippen LogP contribution >= 0.6 is 11.6 Å². The van der Waals surface area contributed by atoms with Crippen LogP contribution in [0.15, 0.2) is 24.3 Å². The van der Waals surface area contributed by atoms with Gasteiger partial charge >= 0.3 is 0 Å². The highest BCUT2D eigenvalue weighted by Crippen LogP contribution is 2.27. The number of aromatic nitrogens is 2. The molecule has 0 saturated heterocycles. The summed E-state index contributed by atoms with van der Waals surface area (Å²) in [6.45, 7) is 1.77. The van der Waals surface area contributed by atoms with Gasteiger partial charge < -0.3 is 11.1 Å². The molecule has 1 aromatic carbocycles. The molecule has 0 aliphatic heterocycles. The van der Waals surface area contributed by atoms with Gasteiger partial charge in [-0.3, -0.25) is 0 Å². The Kier molecular flexibility index (Phi) is 3.10. The first kappa shape index (κ1) is 11.6. The molecule has 1 aromatic heterocycles. The van der Waals surface area contributed by atoms with E-state index in [1.54, 1.807) is 19.1 Å². The second-order valence-corrected chi connectivity index (χ2v) is 3.88. The summed E-state index contributed by atoms with van der Waals surface area (Å²) in [6, 6.07) is 6.08. The van der Waals surface area contributed by atoms with E-state index in [-0.39, 0.29) is 16.7 Å². The summed E-state index contributed by atoms with van der Waals surface area (Å²) in [5, 5.41) is 3.06. The zero-order chi connectivity index (χ0) is 12.4. The van der Waals surface area contributed by atoms with E-state index in [9.17, 15) is 4.39 Å². The molecule has 2 aromatic rings. The van der Waals surface area contributed by atoms with E-state index in [4.69, 9.17) is 17.3 Å². The number of para-hydroxylation sites is 1. The normalized spacial score (nSPS) is 10.3. The molecular formula is C11H10ClFN4. The Hall–Kier alpha value is -1.88. The summed E-state index contributed by atoms with van der Waals surface area (Å²) in [5.41, 5.74) is 6.36. The van der Waals surface area contributed by atoms with Gasteiger partial charge in [0.1, 0.15) is 11.6 Å². The van der Waals surface area contributed by atoms with Gasteiger partial charge in [-0.05, 0) is 19.1 Å². The molecule has 2 rings (SSSR count). The Labute approximate surface area is 103 Å². The van der Waals surface area contributed by atoms with Gasteiger partial charge in [0.2, 0.25) is 5.95 Å². The van der Waals surface area contributed by atoms with Crippen LogP contribution in [0.3, 0.4) is 0 Å². The minimum absolute atomic E-state index is 0.125. The van der Waals surface area contributed by atoms with Gasteiger partial charge in [0.15, 0.2) is 0 Å². The van der Waals surface area contributed by atoms with Crippen molar-refractivity contribution < 1.29 is 4.39 Å². The second-order valence-electron chi connectivity index (χ2n) is 3.47. The van der Waals surface area contributed by atoms with E-state index in [1.807, 2.05) is 0 Å². The lowest BCUT2D eigenvalue weighted by Crippen LogP contribution is -2.02. The van der Waals surface area contributed by atoms with Crippen molar-refractivity contribution in [1.82, 2.24) is 9.97 Å². The Bertz CT molecular complexity index is 519. The van der Waals surface area contributed by atoms with Gasteiger partial charge in [0.25, 0.3) is 0 Å². The van der Waals surface area contributed by atoms with Crippen LogP contribution in [-0.4, -0.2) is 9.97 Å². The van der Waals surface area contributed by atoms with Crippen LogP contribution in [-0.2, 0) is 0 Å². The summed E-state index contributed by atoms with van der Waals surface area (Å²) in [7, 11) is 0. The monoisotopic (exact) mass is 252 g/mol. The first-order valence-electron chi connectivity index (χ1n) is 4.88. The Morgan fingerprint density at radius 3 is 2.76 bits per heavy atom. The molecule has 88 valence electrons. The van der Waals surface area contributed by atoms with Crippen molar-refractivity contribution in [2.24, 2.45) is 0 Å². The lowest BCUT2D eigenvalue weighted by atomic mass is 10.3. The molecule has 3 N–H and O–H groups in total. The van der Waals surface area contributed by atoms with E-state index in [0.717, 1.165) is 0 Å². The van der Waals surface area contributed by atoms with Crippen LogP contribution < -0.4 is 11.1 Å². The molecule has 4 nitrogen and oxygen atoms in total. The van der Waals surface area contributed by atoms with Gasteiger partial charge in [-0.15, -0.1) is 0 Å². The van der Waals surface area contributed by atoms with Crippen LogP contribution in [0.5, 0.6) is 0 Å². The van der Waals surface area contributed by atoms with Gasteiger partial charge in [-0.1, -0.05) is 17.7 Å². The molecule has 0 fully saturated rings. The number of aryl methyl sites for hydroxylation is 1. The number of hydrogen-bond acceptors (Lipinski definition) is 4. The molecular weight excluding hydrogens is 243 g/mol. The summed E-state index contributed by atoms with van der Waals surface area (Å²) in [6.07, 6.45) is 0. The van der Waals surface area contributed by atoms with E-state index in [1.165, 1.54) is 12.1 Å². The van der Waals surface area contributed by atoms with E-state index in [2.05, 4.69) is 15.3 Å². The van der Waals surface area contributed by atoms with Crippen molar-refractivity contribution in [3.05, 3.63) is 40.8 Å². The molecule has 0 amide bonds.